The number of rotatable bonds is 5. The minimum absolute atomic E-state index is 0.0209. The van der Waals surface area contributed by atoms with E-state index in [1.54, 1.807) is 6.33 Å². The first-order valence-electron chi connectivity index (χ1n) is 8.54. The van der Waals surface area contributed by atoms with E-state index in [2.05, 4.69) is 38.1 Å². The predicted molar refractivity (Wildman–Crippen MR) is 99.9 cm³/mol. The number of nitrogens with one attached hydrogen (secondary N) is 1. The molecule has 0 unspecified atom stereocenters. The highest BCUT2D eigenvalue weighted by Crippen LogP contribution is 2.22. The number of amides is 1. The zero-order valence-corrected chi connectivity index (χ0v) is 15.3. The summed E-state index contributed by atoms with van der Waals surface area (Å²) in [6.45, 7) is 8.19. The fourth-order valence-corrected chi connectivity index (χ4v) is 2.97. The molecule has 1 aromatic heterocycles. The quantitative estimate of drug-likeness (QED) is 0.904. The number of hydrogen-bond donors (Lipinski definition) is 1. The smallest absolute Gasteiger partial charge is 0.238 e. The molecule has 2 aromatic rings. The third-order valence-electron chi connectivity index (χ3n) is 4.87. The molecule has 3 rings (SSSR count). The largest absolute Gasteiger partial charge is 0.353 e. The summed E-state index contributed by atoms with van der Waals surface area (Å²) in [6.07, 6.45) is 1.60. The summed E-state index contributed by atoms with van der Waals surface area (Å²) in [5.41, 5.74) is 4.16. The van der Waals surface area contributed by atoms with Gasteiger partial charge in [-0.2, -0.15) is 0 Å². The van der Waals surface area contributed by atoms with Crippen LogP contribution in [-0.4, -0.2) is 53.5 Å². The molecule has 1 N–H and O–H groups in total. The number of hydrogen-bond acceptors (Lipinski definition) is 5. The molecule has 0 radical (unpaired) electrons. The first-order valence-corrected chi connectivity index (χ1v) is 8.54. The normalized spacial score (nSPS) is 14.5. The minimum atomic E-state index is 0.0209. The van der Waals surface area contributed by atoms with Crippen molar-refractivity contribution in [3.8, 4) is 0 Å². The fraction of sp³-hybridized carbons (Fsp3) is 0.421. The van der Waals surface area contributed by atoms with Crippen molar-refractivity contribution in [2.24, 2.45) is 0 Å². The summed E-state index contributed by atoms with van der Waals surface area (Å²) < 4.78 is 0. The number of nitrogens with zero attached hydrogens (tertiary/aromatic N) is 4. The zero-order valence-electron chi connectivity index (χ0n) is 15.3. The van der Waals surface area contributed by atoms with Crippen LogP contribution in [-0.2, 0) is 4.79 Å². The van der Waals surface area contributed by atoms with Gasteiger partial charge in [0.05, 0.1) is 6.54 Å². The lowest BCUT2D eigenvalue weighted by atomic mass is 10.1. The van der Waals surface area contributed by atoms with Gasteiger partial charge in [-0.15, -0.1) is 0 Å². The Hall–Kier alpha value is -2.47. The molecule has 0 bridgehead atoms. The molecule has 1 amide bonds. The number of carbonyl (C=O) groups is 1. The number of benzene rings is 1. The molecule has 0 atom stereocenters. The topological polar surface area (TPSA) is 61.4 Å². The number of aryl methyl sites for hydroxylation is 2. The van der Waals surface area contributed by atoms with E-state index in [1.807, 2.05) is 39.1 Å². The Kier molecular flexibility index (Phi) is 4.99. The van der Waals surface area contributed by atoms with E-state index in [1.165, 1.54) is 5.56 Å². The van der Waals surface area contributed by atoms with Crippen molar-refractivity contribution in [3.05, 3.63) is 47.4 Å². The highest BCUT2D eigenvalue weighted by atomic mass is 16.2. The van der Waals surface area contributed by atoms with Gasteiger partial charge in [0.25, 0.3) is 0 Å². The number of likely N-dealkylation sites (N-methyl/N-ethyl adjacent to an activating group) is 1. The molecule has 132 valence electrons. The molecule has 1 saturated heterocycles. The molecular formula is C19H25N5O. The van der Waals surface area contributed by atoms with Gasteiger partial charge >= 0.3 is 0 Å². The lowest BCUT2D eigenvalue weighted by molar-refractivity contribution is -0.117. The summed E-state index contributed by atoms with van der Waals surface area (Å²) in [6, 6.07) is 8.32. The molecule has 0 saturated carbocycles. The third-order valence-corrected chi connectivity index (χ3v) is 4.87. The summed E-state index contributed by atoms with van der Waals surface area (Å²) >= 11 is 0. The molecule has 2 heterocycles. The van der Waals surface area contributed by atoms with E-state index in [0.717, 1.165) is 35.9 Å². The molecule has 0 spiro atoms. The molecule has 1 fully saturated rings. The van der Waals surface area contributed by atoms with Crippen molar-refractivity contribution in [2.75, 3.05) is 36.9 Å². The number of carbonyl (C=O) groups excluding carboxylic acids is 1. The van der Waals surface area contributed by atoms with Gasteiger partial charge in [-0.05, 0) is 45.0 Å². The minimum Gasteiger partial charge on any atom is -0.353 e. The highest BCUT2D eigenvalue weighted by Gasteiger charge is 2.31. The molecular weight excluding hydrogens is 314 g/mol. The van der Waals surface area contributed by atoms with E-state index >= 15 is 0 Å². The van der Waals surface area contributed by atoms with Crippen molar-refractivity contribution < 1.29 is 4.79 Å². The molecule has 1 aliphatic rings. The standard InChI is InChI=1S/C19H25N5O/c1-13-6-5-7-17(15(13)3)22-19(25)11-23(4)16-9-24(10-16)18-8-14(2)20-12-21-18/h5-8,12,16H,9-11H2,1-4H3,(H,22,25). The van der Waals surface area contributed by atoms with Crippen molar-refractivity contribution in [1.29, 1.82) is 0 Å². The van der Waals surface area contributed by atoms with E-state index in [0.29, 0.717) is 12.6 Å². The van der Waals surface area contributed by atoms with Crippen molar-refractivity contribution in [3.63, 3.8) is 0 Å². The predicted octanol–water partition coefficient (Wildman–Crippen LogP) is 2.16. The Morgan fingerprint density at radius 3 is 2.76 bits per heavy atom. The summed E-state index contributed by atoms with van der Waals surface area (Å²) in [5.74, 6) is 0.976. The van der Waals surface area contributed by atoms with Crippen LogP contribution in [0.2, 0.25) is 0 Å². The van der Waals surface area contributed by atoms with Crippen LogP contribution in [0.1, 0.15) is 16.8 Å². The summed E-state index contributed by atoms with van der Waals surface area (Å²) in [5, 5.41) is 3.02. The Morgan fingerprint density at radius 1 is 1.28 bits per heavy atom. The molecule has 25 heavy (non-hydrogen) atoms. The maximum Gasteiger partial charge on any atom is 0.238 e. The van der Waals surface area contributed by atoms with E-state index in [9.17, 15) is 4.79 Å². The third kappa shape index (κ3) is 3.96. The summed E-state index contributed by atoms with van der Waals surface area (Å²) in [4.78, 5) is 25.1. The highest BCUT2D eigenvalue weighted by molar-refractivity contribution is 5.93. The lowest BCUT2D eigenvalue weighted by Crippen LogP contribution is -2.59. The van der Waals surface area contributed by atoms with Gasteiger partial charge in [0.2, 0.25) is 5.91 Å². The monoisotopic (exact) mass is 339 g/mol. The lowest BCUT2D eigenvalue weighted by Gasteiger charge is -2.44. The maximum absolute atomic E-state index is 12.3. The number of aromatic nitrogens is 2. The van der Waals surface area contributed by atoms with E-state index in [4.69, 9.17) is 0 Å². The second-order valence-electron chi connectivity index (χ2n) is 6.79. The van der Waals surface area contributed by atoms with Gasteiger partial charge < -0.3 is 10.2 Å². The zero-order chi connectivity index (χ0) is 18.0. The fourth-order valence-electron chi connectivity index (χ4n) is 2.97. The second kappa shape index (κ2) is 7.19. The van der Waals surface area contributed by atoms with Crippen molar-refractivity contribution in [1.82, 2.24) is 14.9 Å². The first kappa shape index (κ1) is 17.4. The Morgan fingerprint density at radius 2 is 2.04 bits per heavy atom. The van der Waals surface area contributed by atoms with E-state index < -0.39 is 0 Å². The van der Waals surface area contributed by atoms with Crippen LogP contribution in [0.4, 0.5) is 11.5 Å². The Labute approximate surface area is 148 Å². The number of anilines is 2. The van der Waals surface area contributed by atoms with Gasteiger partial charge in [0.1, 0.15) is 12.1 Å². The Balaban J connectivity index is 1.51. The van der Waals surface area contributed by atoms with Gasteiger partial charge in [-0.25, -0.2) is 9.97 Å². The van der Waals surface area contributed by atoms with Crippen LogP contribution in [0.25, 0.3) is 0 Å². The molecule has 0 aliphatic carbocycles. The van der Waals surface area contributed by atoms with Crippen LogP contribution in [0, 0.1) is 20.8 Å². The van der Waals surface area contributed by atoms with Gasteiger partial charge in [0, 0.05) is 36.6 Å². The van der Waals surface area contributed by atoms with Crippen LogP contribution in [0.15, 0.2) is 30.6 Å². The van der Waals surface area contributed by atoms with Gasteiger partial charge in [0.15, 0.2) is 0 Å². The maximum atomic E-state index is 12.3. The molecule has 1 aliphatic heterocycles. The average Bonchev–Trinajstić information content (AvgIpc) is 2.50. The van der Waals surface area contributed by atoms with Crippen LogP contribution < -0.4 is 10.2 Å². The van der Waals surface area contributed by atoms with Crippen molar-refractivity contribution in [2.45, 2.75) is 26.8 Å². The van der Waals surface area contributed by atoms with Crippen LogP contribution in [0.5, 0.6) is 0 Å². The van der Waals surface area contributed by atoms with Gasteiger partial charge in [-0.1, -0.05) is 12.1 Å². The molecule has 6 nitrogen and oxygen atoms in total. The van der Waals surface area contributed by atoms with Gasteiger partial charge in [-0.3, -0.25) is 9.69 Å². The van der Waals surface area contributed by atoms with Crippen LogP contribution >= 0.6 is 0 Å². The summed E-state index contributed by atoms with van der Waals surface area (Å²) in [7, 11) is 2.00. The average molecular weight is 339 g/mol. The molecule has 6 heteroatoms. The SMILES string of the molecule is Cc1cc(N2CC(N(C)CC(=O)Nc3cccc(C)c3C)C2)ncn1. The van der Waals surface area contributed by atoms with Crippen LogP contribution in [0.3, 0.4) is 0 Å². The van der Waals surface area contributed by atoms with E-state index in [-0.39, 0.29) is 5.91 Å². The van der Waals surface area contributed by atoms with Crippen molar-refractivity contribution >= 4 is 17.4 Å². The molecule has 1 aromatic carbocycles. The second-order valence-corrected chi connectivity index (χ2v) is 6.79. The first-order chi connectivity index (χ1) is 11.9. The Bertz CT molecular complexity index is 770.